The van der Waals surface area contributed by atoms with Gasteiger partial charge in [-0.3, -0.25) is 9.69 Å². The largest absolute Gasteiger partial charge is 0.355 e. The summed E-state index contributed by atoms with van der Waals surface area (Å²) < 4.78 is 0. The van der Waals surface area contributed by atoms with Crippen LogP contribution in [0, 0.1) is 0 Å². The minimum absolute atomic E-state index is 0.131. The van der Waals surface area contributed by atoms with E-state index in [0.717, 1.165) is 19.5 Å². The lowest BCUT2D eigenvalue weighted by Gasteiger charge is -2.20. The molecule has 20 heavy (non-hydrogen) atoms. The van der Waals surface area contributed by atoms with Gasteiger partial charge in [-0.05, 0) is 40.3 Å². The number of nitrogens with one attached hydrogen (secondary N) is 2. The number of carbonyl (C=O) groups excluding carboxylic acids is 1. The summed E-state index contributed by atoms with van der Waals surface area (Å²) >= 11 is 0. The Morgan fingerprint density at radius 2 is 1.55 bits per heavy atom. The molecule has 0 fully saturated rings. The number of nitrogens with zero attached hydrogens (tertiary/aromatic N) is 1. The van der Waals surface area contributed by atoms with Gasteiger partial charge in [0.05, 0.1) is 6.54 Å². The van der Waals surface area contributed by atoms with Crippen LogP contribution in [-0.4, -0.2) is 49.6 Å². The lowest BCUT2D eigenvalue weighted by Crippen LogP contribution is -2.38. The Morgan fingerprint density at radius 3 is 2.05 bits per heavy atom. The summed E-state index contributed by atoms with van der Waals surface area (Å²) in [6.45, 7) is 14.9. The fourth-order valence-electron chi connectivity index (χ4n) is 1.51. The fourth-order valence-corrected chi connectivity index (χ4v) is 1.51. The molecule has 1 amide bonds. The highest BCUT2D eigenvalue weighted by Crippen LogP contribution is 1.94. The molecule has 0 unspecified atom stereocenters. The van der Waals surface area contributed by atoms with Crippen LogP contribution in [0.3, 0.4) is 0 Å². The van der Waals surface area contributed by atoms with Crippen molar-refractivity contribution in [2.24, 2.45) is 0 Å². The van der Waals surface area contributed by atoms with Gasteiger partial charge in [0.15, 0.2) is 0 Å². The Kier molecular flexibility index (Phi) is 16.0. The number of hydrogen-bond acceptors (Lipinski definition) is 3. The molecule has 0 aromatic heterocycles. The third-order valence-electron chi connectivity index (χ3n) is 3.00. The Morgan fingerprint density at radius 1 is 1.00 bits per heavy atom. The van der Waals surface area contributed by atoms with Crippen molar-refractivity contribution in [2.45, 2.75) is 72.9 Å². The topological polar surface area (TPSA) is 44.4 Å². The standard InChI is InChI=1S/C14H31N3O.C2H6/c1-12(2)15-9-7-6-8-10-16-14(18)11-17(5)13(3)4;1-2/h12-13,15H,6-11H2,1-5H3,(H,16,18);1-2H3. The maximum atomic E-state index is 11.6. The first kappa shape index (κ1) is 21.7. The number of likely N-dealkylation sites (N-methyl/N-ethyl adjacent to an activating group) is 1. The van der Waals surface area contributed by atoms with E-state index in [-0.39, 0.29) is 5.91 Å². The van der Waals surface area contributed by atoms with Crippen LogP contribution in [0.15, 0.2) is 0 Å². The number of carbonyl (C=O) groups is 1. The van der Waals surface area contributed by atoms with Crippen molar-refractivity contribution < 1.29 is 4.79 Å². The van der Waals surface area contributed by atoms with Crippen molar-refractivity contribution in [1.29, 1.82) is 0 Å². The van der Waals surface area contributed by atoms with Gasteiger partial charge in [0, 0.05) is 18.6 Å². The first-order valence-electron chi connectivity index (χ1n) is 8.13. The van der Waals surface area contributed by atoms with E-state index in [1.54, 1.807) is 0 Å². The quantitative estimate of drug-likeness (QED) is 0.607. The minimum Gasteiger partial charge on any atom is -0.355 e. The third kappa shape index (κ3) is 15.4. The van der Waals surface area contributed by atoms with Crippen LogP contribution in [0.5, 0.6) is 0 Å². The van der Waals surface area contributed by atoms with Crippen molar-refractivity contribution >= 4 is 5.91 Å². The number of amides is 1. The molecule has 4 nitrogen and oxygen atoms in total. The van der Waals surface area contributed by atoms with Gasteiger partial charge < -0.3 is 10.6 Å². The molecule has 0 aromatic carbocycles. The second-order valence-electron chi connectivity index (χ2n) is 5.53. The first-order valence-corrected chi connectivity index (χ1v) is 8.13. The predicted octanol–water partition coefficient (Wildman–Crippen LogP) is 2.64. The van der Waals surface area contributed by atoms with Crippen LogP contribution in [0.25, 0.3) is 0 Å². The van der Waals surface area contributed by atoms with Crippen molar-refractivity contribution in [3.63, 3.8) is 0 Å². The van der Waals surface area contributed by atoms with E-state index in [1.165, 1.54) is 12.8 Å². The SMILES string of the molecule is CC.CC(C)NCCCCCNC(=O)CN(C)C(C)C. The lowest BCUT2D eigenvalue weighted by molar-refractivity contribution is -0.122. The summed E-state index contributed by atoms with van der Waals surface area (Å²) in [7, 11) is 1.97. The molecule has 4 heteroatoms. The maximum Gasteiger partial charge on any atom is 0.234 e. The van der Waals surface area contributed by atoms with Gasteiger partial charge in [0.1, 0.15) is 0 Å². The van der Waals surface area contributed by atoms with Crippen LogP contribution in [0.1, 0.15) is 60.8 Å². The summed E-state index contributed by atoms with van der Waals surface area (Å²) in [5.74, 6) is 0.131. The molecule has 0 rings (SSSR count). The Balaban J connectivity index is 0. The first-order chi connectivity index (χ1) is 9.43. The monoisotopic (exact) mass is 287 g/mol. The molecule has 0 aliphatic heterocycles. The summed E-state index contributed by atoms with van der Waals surface area (Å²) in [6.07, 6.45) is 3.41. The third-order valence-corrected chi connectivity index (χ3v) is 3.00. The number of rotatable bonds is 10. The number of unbranched alkanes of at least 4 members (excludes halogenated alkanes) is 2. The average molecular weight is 287 g/mol. The van der Waals surface area contributed by atoms with E-state index in [0.29, 0.717) is 18.6 Å². The second kappa shape index (κ2) is 14.8. The van der Waals surface area contributed by atoms with Crippen LogP contribution in [0.4, 0.5) is 0 Å². The highest BCUT2D eigenvalue weighted by atomic mass is 16.2. The molecule has 0 saturated heterocycles. The van der Waals surface area contributed by atoms with Crippen LogP contribution >= 0.6 is 0 Å². The molecular formula is C16H37N3O. The summed E-state index contributed by atoms with van der Waals surface area (Å²) in [5.41, 5.74) is 0. The smallest absolute Gasteiger partial charge is 0.234 e. The molecule has 0 spiro atoms. The molecule has 0 bridgehead atoms. The van der Waals surface area contributed by atoms with Gasteiger partial charge in [0.25, 0.3) is 0 Å². The number of hydrogen-bond donors (Lipinski definition) is 2. The Labute approximate surface area is 126 Å². The zero-order valence-electron chi connectivity index (χ0n) is 14.8. The van der Waals surface area contributed by atoms with Gasteiger partial charge in [0.2, 0.25) is 5.91 Å². The van der Waals surface area contributed by atoms with E-state index in [9.17, 15) is 4.79 Å². The van der Waals surface area contributed by atoms with Gasteiger partial charge in [-0.1, -0.05) is 34.1 Å². The molecule has 122 valence electrons. The zero-order valence-corrected chi connectivity index (χ0v) is 14.8. The van der Waals surface area contributed by atoms with Crippen LogP contribution < -0.4 is 10.6 Å². The molecule has 0 aliphatic rings. The van der Waals surface area contributed by atoms with Gasteiger partial charge >= 0.3 is 0 Å². The normalized spacial score (nSPS) is 10.7. The van der Waals surface area contributed by atoms with E-state index in [2.05, 4.69) is 38.3 Å². The zero-order chi connectivity index (χ0) is 16.0. The van der Waals surface area contributed by atoms with Crippen molar-refractivity contribution in [1.82, 2.24) is 15.5 Å². The molecule has 0 saturated carbocycles. The molecule has 0 aliphatic carbocycles. The van der Waals surface area contributed by atoms with Crippen LogP contribution in [-0.2, 0) is 4.79 Å². The summed E-state index contributed by atoms with van der Waals surface area (Å²) in [6, 6.07) is 0.981. The summed E-state index contributed by atoms with van der Waals surface area (Å²) in [5, 5.41) is 6.36. The fraction of sp³-hybridized carbons (Fsp3) is 0.938. The Bertz CT molecular complexity index is 218. The van der Waals surface area contributed by atoms with E-state index in [1.807, 2.05) is 25.8 Å². The van der Waals surface area contributed by atoms with E-state index < -0.39 is 0 Å². The predicted molar refractivity (Wildman–Crippen MR) is 89.1 cm³/mol. The van der Waals surface area contributed by atoms with Gasteiger partial charge in [-0.2, -0.15) is 0 Å². The highest BCUT2D eigenvalue weighted by Gasteiger charge is 2.08. The molecule has 0 radical (unpaired) electrons. The van der Waals surface area contributed by atoms with Gasteiger partial charge in [-0.15, -0.1) is 0 Å². The van der Waals surface area contributed by atoms with Crippen molar-refractivity contribution in [3.8, 4) is 0 Å². The average Bonchev–Trinajstić information content (AvgIpc) is 2.39. The molecular weight excluding hydrogens is 250 g/mol. The molecule has 0 atom stereocenters. The Hall–Kier alpha value is -0.610. The second-order valence-corrected chi connectivity index (χ2v) is 5.53. The molecule has 2 N–H and O–H groups in total. The van der Waals surface area contributed by atoms with Crippen LogP contribution in [0.2, 0.25) is 0 Å². The summed E-state index contributed by atoms with van der Waals surface area (Å²) in [4.78, 5) is 13.6. The van der Waals surface area contributed by atoms with Crippen molar-refractivity contribution in [3.05, 3.63) is 0 Å². The minimum atomic E-state index is 0.131. The van der Waals surface area contributed by atoms with Crippen molar-refractivity contribution in [2.75, 3.05) is 26.7 Å². The maximum absolute atomic E-state index is 11.6. The van der Waals surface area contributed by atoms with Gasteiger partial charge in [-0.25, -0.2) is 0 Å². The molecule has 0 heterocycles. The highest BCUT2D eigenvalue weighted by molar-refractivity contribution is 5.77. The lowest BCUT2D eigenvalue weighted by atomic mass is 10.2. The van der Waals surface area contributed by atoms with E-state index >= 15 is 0 Å². The van der Waals surface area contributed by atoms with E-state index in [4.69, 9.17) is 0 Å². The molecule has 0 aromatic rings.